The summed E-state index contributed by atoms with van der Waals surface area (Å²) in [4.78, 5) is 31.1. The van der Waals surface area contributed by atoms with E-state index < -0.39 is 49.1 Å². The summed E-state index contributed by atoms with van der Waals surface area (Å²) in [5.74, 6) is -2.42. The highest BCUT2D eigenvalue weighted by Crippen LogP contribution is 2.36. The number of methoxy groups -OCH3 is 1. The van der Waals surface area contributed by atoms with Crippen molar-refractivity contribution in [2.75, 3.05) is 31.6 Å². The second kappa shape index (κ2) is 16.3. The van der Waals surface area contributed by atoms with Crippen molar-refractivity contribution in [3.05, 3.63) is 122 Å². The summed E-state index contributed by atoms with van der Waals surface area (Å²) in [6.45, 7) is -0.933. The normalized spacial score (nSPS) is 19.6. The maximum atomic E-state index is 14.4. The minimum atomic E-state index is -3.31. The lowest BCUT2D eigenvalue weighted by molar-refractivity contribution is -0.605. The minimum Gasteiger partial charge on any atom is -0.619 e. The quantitative estimate of drug-likeness (QED) is 0.0820. The molecule has 52 heavy (non-hydrogen) atoms. The predicted molar refractivity (Wildman–Crippen MR) is 185 cm³/mol. The standard InChI is InChI=1S/C37H34Cl2F3N3O7/c1-49-33-15-24(8-9-31(33)51-36(41)42)32(17-28-29(38)19-44(48)20-30(28)39)50-35(46)25-5-2-4-22(14-25)18-45(27-7-3-6-26(40)16-27)37(47)52-34-21-43-12-10-23(34)11-13-43/h2-9,14-16,19-20,23,32,34,36H,10-13,17-18,21H2,1H3/t32?,34-/m0/s1/i1D3. The molecular weight excluding hydrogens is 726 g/mol. The van der Waals surface area contributed by atoms with Gasteiger partial charge in [0.15, 0.2) is 23.9 Å². The zero-order valence-electron chi connectivity index (χ0n) is 30.4. The molecule has 3 fully saturated rings. The van der Waals surface area contributed by atoms with Gasteiger partial charge in [0.05, 0.1) is 28.9 Å². The number of carbonyl (C=O) groups excluding carboxylic acids is 2. The van der Waals surface area contributed by atoms with Gasteiger partial charge in [-0.25, -0.2) is 14.0 Å². The molecule has 7 rings (SSSR count). The van der Waals surface area contributed by atoms with E-state index in [0.717, 1.165) is 50.5 Å². The highest BCUT2D eigenvalue weighted by molar-refractivity contribution is 6.35. The van der Waals surface area contributed by atoms with E-state index in [9.17, 15) is 28.0 Å². The van der Waals surface area contributed by atoms with Crippen LogP contribution in [-0.2, 0) is 22.4 Å². The lowest BCUT2D eigenvalue weighted by atomic mass is 9.86. The van der Waals surface area contributed by atoms with E-state index in [1.165, 1.54) is 41.3 Å². The second-order valence-electron chi connectivity index (χ2n) is 12.4. The number of carbonyl (C=O) groups is 2. The van der Waals surface area contributed by atoms with Crippen LogP contribution >= 0.6 is 23.2 Å². The van der Waals surface area contributed by atoms with E-state index in [1.807, 2.05) is 0 Å². The molecule has 0 radical (unpaired) electrons. The number of hydrogen-bond donors (Lipinski definition) is 0. The number of amides is 1. The first-order valence-electron chi connectivity index (χ1n) is 17.7. The molecular formula is C37H34Cl2F3N3O7. The number of alkyl halides is 2. The molecule has 0 spiro atoms. The van der Waals surface area contributed by atoms with E-state index in [0.29, 0.717) is 16.8 Å². The van der Waals surface area contributed by atoms with Crippen molar-refractivity contribution in [3.8, 4) is 11.5 Å². The molecule has 15 heteroatoms. The van der Waals surface area contributed by atoms with Gasteiger partial charge in [-0.05, 0) is 85.4 Å². The highest BCUT2D eigenvalue weighted by atomic mass is 35.5. The van der Waals surface area contributed by atoms with Crippen molar-refractivity contribution in [1.29, 1.82) is 0 Å². The Labute approximate surface area is 311 Å². The molecule has 3 aromatic carbocycles. The van der Waals surface area contributed by atoms with Crippen LogP contribution in [-0.4, -0.2) is 56.4 Å². The number of hydrogen-bond acceptors (Lipinski definition) is 8. The molecule has 0 N–H and O–H groups in total. The van der Waals surface area contributed by atoms with Crippen LogP contribution in [0.2, 0.25) is 10.0 Å². The number of pyridine rings is 1. The number of piperidine rings is 3. The van der Waals surface area contributed by atoms with Gasteiger partial charge in [-0.15, -0.1) is 0 Å². The SMILES string of the molecule is [2H]C([2H])([2H])Oc1cc(C(Cc2c(Cl)c[n+]([O-])cc2Cl)OC(=O)c2cccc(CN(C(=O)O[C@H]3CN4CCC3CC4)c3cccc(F)c3)c2)ccc1OC(F)F. The Morgan fingerprint density at radius 3 is 2.46 bits per heavy atom. The predicted octanol–water partition coefficient (Wildman–Crippen LogP) is 7.75. The van der Waals surface area contributed by atoms with Gasteiger partial charge in [0.25, 0.3) is 0 Å². The topological polar surface area (TPSA) is 104 Å². The molecule has 3 saturated heterocycles. The van der Waals surface area contributed by atoms with Crippen LogP contribution in [0.25, 0.3) is 0 Å². The Morgan fingerprint density at radius 2 is 1.79 bits per heavy atom. The average molecular weight is 764 g/mol. The van der Waals surface area contributed by atoms with Crippen LogP contribution in [0.4, 0.5) is 23.7 Å². The maximum Gasteiger partial charge on any atom is 0.414 e. The number of benzene rings is 3. The van der Waals surface area contributed by atoms with Crippen molar-refractivity contribution in [2.45, 2.75) is 44.6 Å². The largest absolute Gasteiger partial charge is 0.619 e. The molecule has 3 aliphatic heterocycles. The molecule has 4 aromatic rings. The number of aromatic nitrogens is 1. The Balaban J connectivity index is 1.29. The van der Waals surface area contributed by atoms with Crippen LogP contribution < -0.4 is 19.1 Å². The molecule has 1 aromatic heterocycles. The third-order valence-corrected chi connectivity index (χ3v) is 9.71. The number of ether oxygens (including phenoxy) is 4. The fourth-order valence-electron chi connectivity index (χ4n) is 6.46. The molecule has 274 valence electrons. The van der Waals surface area contributed by atoms with Crippen molar-refractivity contribution < 1.29 is 50.6 Å². The van der Waals surface area contributed by atoms with Crippen molar-refractivity contribution in [2.24, 2.45) is 5.92 Å². The van der Waals surface area contributed by atoms with Gasteiger partial charge in [-0.1, -0.05) is 47.5 Å². The summed E-state index contributed by atoms with van der Waals surface area (Å²) in [5.41, 5.74) is 0.970. The van der Waals surface area contributed by atoms with Gasteiger partial charge in [0.2, 0.25) is 0 Å². The summed E-state index contributed by atoms with van der Waals surface area (Å²) in [7, 11) is -3.07. The molecule has 1 amide bonds. The molecule has 0 saturated carbocycles. The molecule has 2 atom stereocenters. The third kappa shape index (κ3) is 8.83. The van der Waals surface area contributed by atoms with E-state index in [4.69, 9.17) is 41.5 Å². The fraction of sp³-hybridized carbons (Fsp3) is 0.324. The lowest BCUT2D eigenvalue weighted by Gasteiger charge is -2.44. The van der Waals surface area contributed by atoms with Crippen molar-refractivity contribution in [3.63, 3.8) is 0 Å². The Morgan fingerprint density at radius 1 is 1.04 bits per heavy atom. The fourth-order valence-corrected chi connectivity index (χ4v) is 7.05. The number of fused-ring (bicyclic) bond motifs is 3. The Kier molecular flexibility index (Phi) is 10.4. The van der Waals surface area contributed by atoms with E-state index in [1.54, 1.807) is 18.2 Å². The molecule has 2 bridgehead atoms. The van der Waals surface area contributed by atoms with E-state index in [-0.39, 0.29) is 57.4 Å². The maximum absolute atomic E-state index is 14.4. The first-order valence-corrected chi connectivity index (χ1v) is 17.0. The lowest BCUT2D eigenvalue weighted by Crippen LogP contribution is -2.53. The highest BCUT2D eigenvalue weighted by Gasteiger charge is 2.37. The molecule has 4 heterocycles. The number of esters is 1. The average Bonchev–Trinajstić information content (AvgIpc) is 3.12. The van der Waals surface area contributed by atoms with Crippen LogP contribution in [0.1, 0.15) is 50.1 Å². The summed E-state index contributed by atoms with van der Waals surface area (Å²) in [6.07, 6.45) is 1.30. The van der Waals surface area contributed by atoms with Gasteiger partial charge < -0.3 is 24.2 Å². The van der Waals surface area contributed by atoms with Gasteiger partial charge in [-0.2, -0.15) is 13.5 Å². The first-order chi connectivity index (χ1) is 26.1. The van der Waals surface area contributed by atoms with Gasteiger partial charge in [0, 0.05) is 18.5 Å². The van der Waals surface area contributed by atoms with Crippen molar-refractivity contribution >= 4 is 41.0 Å². The molecule has 3 aliphatic rings. The smallest absolute Gasteiger partial charge is 0.414 e. The molecule has 0 aliphatic carbocycles. The van der Waals surface area contributed by atoms with E-state index in [2.05, 4.69) is 9.64 Å². The summed E-state index contributed by atoms with van der Waals surface area (Å²) in [6, 6.07) is 15.0. The third-order valence-electron chi connectivity index (χ3n) is 9.05. The Hall–Kier alpha value is -4.72. The number of anilines is 1. The van der Waals surface area contributed by atoms with Crippen LogP contribution in [0, 0.1) is 16.9 Å². The van der Waals surface area contributed by atoms with Crippen molar-refractivity contribution in [1.82, 2.24) is 4.90 Å². The zero-order chi connectivity index (χ0) is 39.4. The molecule has 1 unspecified atom stereocenters. The summed E-state index contributed by atoms with van der Waals surface area (Å²) in [5, 5.41) is 11.8. The van der Waals surface area contributed by atoms with Gasteiger partial charge in [-0.3, -0.25) is 9.80 Å². The molecule has 10 nitrogen and oxygen atoms in total. The second-order valence-corrected chi connectivity index (χ2v) is 13.2. The van der Waals surface area contributed by atoms with Gasteiger partial charge >= 0.3 is 18.7 Å². The Bertz CT molecular complexity index is 2020. The first kappa shape index (κ1) is 33.1. The summed E-state index contributed by atoms with van der Waals surface area (Å²) >= 11 is 12.7. The van der Waals surface area contributed by atoms with Crippen LogP contribution in [0.3, 0.4) is 0 Å². The summed E-state index contributed by atoms with van der Waals surface area (Å²) < 4.78 is 85.0. The number of rotatable bonds is 12. The van der Waals surface area contributed by atoms with Crippen LogP contribution in [0.15, 0.2) is 79.1 Å². The van der Waals surface area contributed by atoms with Gasteiger partial charge in [0.1, 0.15) is 28.1 Å². The minimum absolute atomic E-state index is 0.0201. The van der Waals surface area contributed by atoms with Crippen LogP contribution in [0.5, 0.6) is 11.5 Å². The van der Waals surface area contributed by atoms with E-state index >= 15 is 0 Å². The zero-order valence-corrected chi connectivity index (χ0v) is 28.9. The number of halogens is 5. The number of nitrogens with zero attached hydrogens (tertiary/aromatic N) is 3. The monoisotopic (exact) mass is 762 g/mol.